The average molecular weight is 297 g/mol. The van der Waals surface area contributed by atoms with Crippen LogP contribution in [0.1, 0.15) is 51.6 Å². The standard InChI is InChI=1S/C17H29ClN2/c1-5-11-19-12-7-8-14(2)20(4)15(3)16-9-6-10-17(18)13-16/h6,9-10,13-15,19H,5,7-8,11-12H2,1-4H3. The van der Waals surface area contributed by atoms with Gasteiger partial charge in [-0.3, -0.25) is 4.90 Å². The van der Waals surface area contributed by atoms with Gasteiger partial charge in [0.1, 0.15) is 0 Å². The summed E-state index contributed by atoms with van der Waals surface area (Å²) in [6, 6.07) is 9.16. The van der Waals surface area contributed by atoms with E-state index in [1.54, 1.807) is 0 Å². The van der Waals surface area contributed by atoms with Crippen molar-refractivity contribution < 1.29 is 0 Å². The Labute approximate surface area is 129 Å². The second-order valence-corrected chi connectivity index (χ2v) is 6.07. The van der Waals surface area contributed by atoms with Crippen LogP contribution in [0.2, 0.25) is 5.02 Å². The number of hydrogen-bond donors (Lipinski definition) is 1. The maximum absolute atomic E-state index is 6.08. The summed E-state index contributed by atoms with van der Waals surface area (Å²) in [7, 11) is 2.20. The molecule has 2 unspecified atom stereocenters. The first-order valence-corrected chi connectivity index (χ1v) is 8.12. The monoisotopic (exact) mass is 296 g/mol. The lowest BCUT2D eigenvalue weighted by atomic mass is 10.0. The quantitative estimate of drug-likeness (QED) is 0.675. The van der Waals surface area contributed by atoms with E-state index >= 15 is 0 Å². The largest absolute Gasteiger partial charge is 0.317 e. The molecule has 0 heterocycles. The lowest BCUT2D eigenvalue weighted by molar-refractivity contribution is 0.186. The summed E-state index contributed by atoms with van der Waals surface area (Å²) in [5.74, 6) is 0. The Bertz CT molecular complexity index is 381. The summed E-state index contributed by atoms with van der Waals surface area (Å²) >= 11 is 6.08. The van der Waals surface area contributed by atoms with Crippen molar-refractivity contribution in [2.45, 2.75) is 52.1 Å². The molecule has 0 aliphatic heterocycles. The third kappa shape index (κ3) is 5.82. The molecule has 114 valence electrons. The molecule has 1 N–H and O–H groups in total. The van der Waals surface area contributed by atoms with E-state index in [0.717, 1.165) is 18.1 Å². The predicted molar refractivity (Wildman–Crippen MR) is 89.5 cm³/mol. The molecule has 0 aliphatic carbocycles. The smallest absolute Gasteiger partial charge is 0.0409 e. The van der Waals surface area contributed by atoms with Gasteiger partial charge in [0.2, 0.25) is 0 Å². The molecule has 0 aromatic heterocycles. The molecule has 20 heavy (non-hydrogen) atoms. The zero-order chi connectivity index (χ0) is 15.0. The van der Waals surface area contributed by atoms with Crippen LogP contribution in [-0.2, 0) is 0 Å². The van der Waals surface area contributed by atoms with Gasteiger partial charge >= 0.3 is 0 Å². The lowest BCUT2D eigenvalue weighted by Gasteiger charge is -2.31. The summed E-state index contributed by atoms with van der Waals surface area (Å²) in [6.45, 7) is 9.01. The molecule has 0 fully saturated rings. The zero-order valence-electron chi connectivity index (χ0n) is 13.3. The van der Waals surface area contributed by atoms with Crippen molar-refractivity contribution in [1.29, 1.82) is 0 Å². The highest BCUT2D eigenvalue weighted by Gasteiger charge is 2.17. The number of rotatable bonds is 9. The van der Waals surface area contributed by atoms with Crippen molar-refractivity contribution in [2.24, 2.45) is 0 Å². The molecular weight excluding hydrogens is 268 g/mol. The number of benzene rings is 1. The minimum atomic E-state index is 0.396. The van der Waals surface area contributed by atoms with Gasteiger partial charge in [0.15, 0.2) is 0 Å². The van der Waals surface area contributed by atoms with E-state index in [4.69, 9.17) is 11.6 Å². The van der Waals surface area contributed by atoms with E-state index in [0.29, 0.717) is 12.1 Å². The third-order valence-electron chi connectivity index (χ3n) is 4.04. The molecule has 2 nitrogen and oxygen atoms in total. The van der Waals surface area contributed by atoms with Crippen molar-refractivity contribution >= 4 is 11.6 Å². The van der Waals surface area contributed by atoms with Crippen molar-refractivity contribution in [3.63, 3.8) is 0 Å². The number of nitrogens with one attached hydrogen (secondary N) is 1. The first kappa shape index (κ1) is 17.5. The predicted octanol–water partition coefficient (Wildman–Crippen LogP) is 4.50. The second-order valence-electron chi connectivity index (χ2n) is 5.64. The Morgan fingerprint density at radius 1 is 1.25 bits per heavy atom. The molecule has 0 amide bonds. The van der Waals surface area contributed by atoms with Gasteiger partial charge in [-0.05, 0) is 70.9 Å². The Morgan fingerprint density at radius 2 is 2.00 bits per heavy atom. The first-order chi connectivity index (χ1) is 9.56. The van der Waals surface area contributed by atoms with E-state index in [9.17, 15) is 0 Å². The van der Waals surface area contributed by atoms with E-state index in [2.05, 4.69) is 50.2 Å². The van der Waals surface area contributed by atoms with Crippen LogP contribution >= 0.6 is 11.6 Å². The van der Waals surface area contributed by atoms with Gasteiger partial charge < -0.3 is 5.32 Å². The summed E-state index contributed by atoms with van der Waals surface area (Å²) in [5, 5.41) is 4.28. The molecule has 0 bridgehead atoms. The van der Waals surface area contributed by atoms with Gasteiger partial charge in [-0.2, -0.15) is 0 Å². The zero-order valence-corrected chi connectivity index (χ0v) is 14.1. The number of nitrogens with zero attached hydrogens (tertiary/aromatic N) is 1. The minimum Gasteiger partial charge on any atom is -0.317 e. The van der Waals surface area contributed by atoms with Crippen molar-refractivity contribution in [1.82, 2.24) is 10.2 Å². The van der Waals surface area contributed by atoms with Gasteiger partial charge in [-0.15, -0.1) is 0 Å². The van der Waals surface area contributed by atoms with Crippen LogP contribution in [0.3, 0.4) is 0 Å². The molecule has 0 radical (unpaired) electrons. The molecule has 1 aromatic rings. The van der Waals surface area contributed by atoms with Crippen molar-refractivity contribution in [3.8, 4) is 0 Å². The molecule has 1 aromatic carbocycles. The number of halogens is 1. The van der Waals surface area contributed by atoms with Gasteiger partial charge in [-0.1, -0.05) is 30.7 Å². The molecule has 0 saturated heterocycles. The van der Waals surface area contributed by atoms with E-state index < -0.39 is 0 Å². The highest BCUT2D eigenvalue weighted by molar-refractivity contribution is 6.30. The molecule has 0 saturated carbocycles. The summed E-state index contributed by atoms with van der Waals surface area (Å²) in [5.41, 5.74) is 1.29. The van der Waals surface area contributed by atoms with Gasteiger partial charge in [-0.25, -0.2) is 0 Å². The molecule has 1 rings (SSSR count). The topological polar surface area (TPSA) is 15.3 Å². The maximum Gasteiger partial charge on any atom is 0.0409 e. The lowest BCUT2D eigenvalue weighted by Crippen LogP contribution is -2.32. The maximum atomic E-state index is 6.08. The SMILES string of the molecule is CCCNCCCC(C)N(C)C(C)c1cccc(Cl)c1. The highest BCUT2D eigenvalue weighted by Crippen LogP contribution is 2.24. The Kier molecular flexibility index (Phi) is 8.20. The van der Waals surface area contributed by atoms with Crippen LogP contribution in [-0.4, -0.2) is 31.1 Å². The molecule has 3 heteroatoms. The normalized spacial score (nSPS) is 14.5. The molecule has 0 spiro atoms. The fourth-order valence-corrected chi connectivity index (χ4v) is 2.61. The second kappa shape index (κ2) is 9.38. The first-order valence-electron chi connectivity index (χ1n) is 7.74. The van der Waals surface area contributed by atoms with Crippen LogP contribution in [0.5, 0.6) is 0 Å². The molecular formula is C17H29ClN2. The number of hydrogen-bond acceptors (Lipinski definition) is 2. The molecule has 0 aliphatic rings. The summed E-state index contributed by atoms with van der Waals surface area (Å²) in [4.78, 5) is 2.44. The fraction of sp³-hybridized carbons (Fsp3) is 0.647. The minimum absolute atomic E-state index is 0.396. The summed E-state index contributed by atoms with van der Waals surface area (Å²) in [6.07, 6.45) is 3.66. The molecule has 2 atom stereocenters. The van der Waals surface area contributed by atoms with Crippen LogP contribution in [0.15, 0.2) is 24.3 Å². The van der Waals surface area contributed by atoms with Crippen LogP contribution in [0.4, 0.5) is 0 Å². The van der Waals surface area contributed by atoms with Gasteiger partial charge in [0, 0.05) is 17.1 Å². The van der Waals surface area contributed by atoms with E-state index in [1.165, 1.54) is 24.8 Å². The van der Waals surface area contributed by atoms with Crippen LogP contribution in [0.25, 0.3) is 0 Å². The van der Waals surface area contributed by atoms with Gasteiger partial charge in [0.25, 0.3) is 0 Å². The Hall–Kier alpha value is -0.570. The van der Waals surface area contributed by atoms with Crippen molar-refractivity contribution in [2.75, 3.05) is 20.1 Å². The highest BCUT2D eigenvalue weighted by atomic mass is 35.5. The van der Waals surface area contributed by atoms with Crippen LogP contribution in [0, 0.1) is 0 Å². The Balaban J connectivity index is 2.41. The van der Waals surface area contributed by atoms with Crippen molar-refractivity contribution in [3.05, 3.63) is 34.9 Å². The summed E-state index contributed by atoms with van der Waals surface area (Å²) < 4.78 is 0. The fourth-order valence-electron chi connectivity index (χ4n) is 2.41. The van der Waals surface area contributed by atoms with Gasteiger partial charge in [0.05, 0.1) is 0 Å². The van der Waals surface area contributed by atoms with E-state index in [1.807, 2.05) is 12.1 Å². The Morgan fingerprint density at radius 3 is 2.65 bits per heavy atom. The average Bonchev–Trinajstić information content (AvgIpc) is 2.45. The van der Waals surface area contributed by atoms with Crippen LogP contribution < -0.4 is 5.32 Å². The third-order valence-corrected chi connectivity index (χ3v) is 4.27. The van der Waals surface area contributed by atoms with E-state index in [-0.39, 0.29) is 0 Å².